The smallest absolute Gasteiger partial charge is 0.138 e. The van der Waals surface area contributed by atoms with Crippen molar-refractivity contribution in [2.75, 3.05) is 14.2 Å². The Balaban J connectivity index is 2.47. The van der Waals surface area contributed by atoms with Gasteiger partial charge in [-0.15, -0.1) is 11.3 Å². The van der Waals surface area contributed by atoms with E-state index in [1.165, 1.54) is 11.3 Å². The van der Waals surface area contributed by atoms with Gasteiger partial charge in [0.1, 0.15) is 5.75 Å². The molecule has 0 saturated carbocycles. The van der Waals surface area contributed by atoms with Crippen molar-refractivity contribution in [1.29, 1.82) is 0 Å². The van der Waals surface area contributed by atoms with Crippen LogP contribution < -0.4 is 10.1 Å². The van der Waals surface area contributed by atoms with Gasteiger partial charge in [-0.05, 0) is 30.8 Å². The third-order valence-corrected chi connectivity index (χ3v) is 4.67. The Morgan fingerprint density at radius 1 is 1.16 bits per heavy atom. The fourth-order valence-electron chi connectivity index (χ4n) is 1.86. The molecule has 0 saturated heterocycles. The number of hydrogen-bond acceptors (Lipinski definition) is 3. The zero-order valence-corrected chi connectivity index (χ0v) is 13.4. The van der Waals surface area contributed by atoms with E-state index in [0.29, 0.717) is 15.8 Å². The van der Waals surface area contributed by atoms with Gasteiger partial charge in [0.25, 0.3) is 0 Å². The van der Waals surface area contributed by atoms with Crippen molar-refractivity contribution in [3.63, 3.8) is 0 Å². The van der Waals surface area contributed by atoms with Crippen LogP contribution in [0.4, 0.5) is 0 Å². The van der Waals surface area contributed by atoms with E-state index in [0.717, 1.165) is 14.8 Å². The first-order chi connectivity index (χ1) is 9.06. The number of nitrogens with one attached hydrogen (secondary N) is 1. The van der Waals surface area contributed by atoms with Gasteiger partial charge in [0.15, 0.2) is 0 Å². The van der Waals surface area contributed by atoms with Gasteiger partial charge in [-0.1, -0.05) is 34.8 Å². The minimum atomic E-state index is -0.0478. The van der Waals surface area contributed by atoms with E-state index in [1.807, 2.05) is 25.2 Å². The number of methoxy groups -OCH3 is 1. The summed E-state index contributed by atoms with van der Waals surface area (Å²) >= 11 is 20.0. The maximum Gasteiger partial charge on any atom is 0.138 e. The highest BCUT2D eigenvalue weighted by atomic mass is 35.5. The first kappa shape index (κ1) is 14.9. The van der Waals surface area contributed by atoms with Crippen LogP contribution in [0.15, 0.2) is 24.3 Å². The fourth-order valence-corrected chi connectivity index (χ4v) is 3.56. The third-order valence-electron chi connectivity index (χ3n) is 2.75. The molecule has 1 aromatic carbocycles. The van der Waals surface area contributed by atoms with Gasteiger partial charge in [0, 0.05) is 16.0 Å². The molecule has 0 fully saturated rings. The van der Waals surface area contributed by atoms with E-state index >= 15 is 0 Å². The van der Waals surface area contributed by atoms with Crippen molar-refractivity contribution in [3.8, 4) is 5.75 Å². The highest BCUT2D eigenvalue weighted by Crippen LogP contribution is 2.38. The SMILES string of the molecule is CNC(c1ccc(Cl)s1)c1cc(Cl)c(OC)cc1Cl. The van der Waals surface area contributed by atoms with E-state index in [-0.39, 0.29) is 6.04 Å². The monoisotopic (exact) mass is 335 g/mol. The Labute approximate surface area is 131 Å². The molecule has 6 heteroatoms. The first-order valence-electron chi connectivity index (χ1n) is 5.52. The summed E-state index contributed by atoms with van der Waals surface area (Å²) < 4.78 is 5.89. The second-order valence-corrected chi connectivity index (χ2v) is 6.43. The van der Waals surface area contributed by atoms with Gasteiger partial charge in [-0.3, -0.25) is 0 Å². The van der Waals surface area contributed by atoms with Gasteiger partial charge in [-0.2, -0.15) is 0 Å². The van der Waals surface area contributed by atoms with Crippen LogP contribution in [0.1, 0.15) is 16.5 Å². The predicted molar refractivity (Wildman–Crippen MR) is 83.2 cm³/mol. The van der Waals surface area contributed by atoms with E-state index in [2.05, 4.69) is 5.32 Å². The lowest BCUT2D eigenvalue weighted by molar-refractivity contribution is 0.415. The Morgan fingerprint density at radius 2 is 1.89 bits per heavy atom. The molecule has 1 heterocycles. The van der Waals surface area contributed by atoms with Gasteiger partial charge >= 0.3 is 0 Å². The number of ether oxygens (including phenoxy) is 1. The summed E-state index contributed by atoms with van der Waals surface area (Å²) in [5.41, 5.74) is 0.897. The summed E-state index contributed by atoms with van der Waals surface area (Å²) in [6, 6.07) is 7.33. The number of rotatable bonds is 4. The summed E-state index contributed by atoms with van der Waals surface area (Å²) in [7, 11) is 3.43. The minimum absolute atomic E-state index is 0.0478. The predicted octanol–water partition coefficient (Wildman–Crippen LogP) is 5.03. The quantitative estimate of drug-likeness (QED) is 0.846. The first-order valence-corrected chi connectivity index (χ1v) is 7.47. The van der Waals surface area contributed by atoms with Crippen molar-refractivity contribution >= 4 is 46.1 Å². The molecule has 1 aromatic heterocycles. The average Bonchev–Trinajstić information content (AvgIpc) is 2.80. The molecule has 0 spiro atoms. The van der Waals surface area contributed by atoms with Crippen LogP contribution in [-0.4, -0.2) is 14.2 Å². The van der Waals surface area contributed by atoms with E-state index in [9.17, 15) is 0 Å². The molecule has 0 aliphatic heterocycles. The Kier molecular flexibility index (Phi) is 4.98. The van der Waals surface area contributed by atoms with Crippen molar-refractivity contribution < 1.29 is 4.74 Å². The van der Waals surface area contributed by atoms with Crippen molar-refractivity contribution in [2.24, 2.45) is 0 Å². The van der Waals surface area contributed by atoms with Gasteiger partial charge < -0.3 is 10.1 Å². The third kappa shape index (κ3) is 3.18. The molecular weight excluding hydrogens is 325 g/mol. The lowest BCUT2D eigenvalue weighted by Gasteiger charge is -2.18. The van der Waals surface area contributed by atoms with Gasteiger partial charge in [0.2, 0.25) is 0 Å². The van der Waals surface area contributed by atoms with E-state index in [4.69, 9.17) is 39.5 Å². The largest absolute Gasteiger partial charge is 0.495 e. The second kappa shape index (κ2) is 6.33. The molecule has 0 bridgehead atoms. The number of thiophene rings is 1. The van der Waals surface area contributed by atoms with Gasteiger partial charge in [-0.25, -0.2) is 0 Å². The van der Waals surface area contributed by atoms with Crippen LogP contribution in [0.3, 0.4) is 0 Å². The molecular formula is C13H12Cl3NOS. The van der Waals surface area contributed by atoms with Gasteiger partial charge in [0.05, 0.1) is 22.5 Å². The summed E-state index contributed by atoms with van der Waals surface area (Å²) in [6.07, 6.45) is 0. The van der Waals surface area contributed by atoms with Crippen molar-refractivity contribution in [2.45, 2.75) is 6.04 Å². The van der Waals surface area contributed by atoms with E-state index < -0.39 is 0 Å². The zero-order chi connectivity index (χ0) is 14.0. The molecule has 2 aromatic rings. The molecule has 0 amide bonds. The molecule has 19 heavy (non-hydrogen) atoms. The van der Waals surface area contributed by atoms with Crippen molar-refractivity contribution in [3.05, 3.63) is 49.1 Å². The molecule has 2 nitrogen and oxygen atoms in total. The normalized spacial score (nSPS) is 12.5. The Morgan fingerprint density at radius 3 is 2.42 bits per heavy atom. The lowest BCUT2D eigenvalue weighted by Crippen LogP contribution is -2.17. The molecule has 1 atom stereocenters. The average molecular weight is 337 g/mol. The molecule has 0 aliphatic carbocycles. The maximum atomic E-state index is 6.30. The van der Waals surface area contributed by atoms with E-state index in [1.54, 1.807) is 13.2 Å². The number of halogens is 3. The van der Waals surface area contributed by atoms with Crippen LogP contribution in [-0.2, 0) is 0 Å². The van der Waals surface area contributed by atoms with Crippen LogP contribution >= 0.6 is 46.1 Å². The topological polar surface area (TPSA) is 21.3 Å². The molecule has 2 rings (SSSR count). The van der Waals surface area contributed by atoms with Crippen molar-refractivity contribution in [1.82, 2.24) is 5.32 Å². The molecule has 0 radical (unpaired) electrons. The highest BCUT2D eigenvalue weighted by molar-refractivity contribution is 7.16. The lowest BCUT2D eigenvalue weighted by atomic mass is 10.1. The van der Waals surface area contributed by atoms with Crippen LogP contribution in [0.2, 0.25) is 14.4 Å². The zero-order valence-electron chi connectivity index (χ0n) is 10.3. The standard InChI is InChI=1S/C13H12Cl3NOS/c1-17-13(11-3-4-12(16)19-11)7-5-9(15)10(18-2)6-8(7)14/h3-6,13,17H,1-2H3. The van der Waals surface area contributed by atoms with Crippen LogP contribution in [0.5, 0.6) is 5.75 Å². The fraction of sp³-hybridized carbons (Fsp3) is 0.231. The van der Waals surface area contributed by atoms with Crippen LogP contribution in [0, 0.1) is 0 Å². The summed E-state index contributed by atoms with van der Waals surface area (Å²) in [5.74, 6) is 0.564. The Hall–Kier alpha value is -0.450. The minimum Gasteiger partial charge on any atom is -0.495 e. The molecule has 0 aliphatic rings. The summed E-state index contributed by atoms with van der Waals surface area (Å²) in [4.78, 5) is 1.08. The highest BCUT2D eigenvalue weighted by Gasteiger charge is 2.19. The molecule has 1 N–H and O–H groups in total. The van der Waals surface area contributed by atoms with Crippen LogP contribution in [0.25, 0.3) is 0 Å². The number of hydrogen-bond donors (Lipinski definition) is 1. The molecule has 1 unspecified atom stereocenters. The second-order valence-electron chi connectivity index (χ2n) is 3.87. The number of benzene rings is 1. The Bertz CT molecular complexity index is 585. The maximum absolute atomic E-state index is 6.30. The summed E-state index contributed by atoms with van der Waals surface area (Å²) in [6.45, 7) is 0. The summed E-state index contributed by atoms with van der Waals surface area (Å²) in [5, 5.41) is 4.36. The molecule has 102 valence electrons.